The largest absolute Gasteiger partial charge is 0.394 e. The minimum absolute atomic E-state index is 0.224. The van der Waals surface area contributed by atoms with Gasteiger partial charge in [-0.15, -0.1) is 11.6 Å². The second-order valence-corrected chi connectivity index (χ2v) is 5.30. The van der Waals surface area contributed by atoms with E-state index in [1.807, 2.05) is 0 Å². The normalized spacial score (nSPS) is 31.8. The molecule has 0 spiro atoms. The first kappa shape index (κ1) is 13.3. The average Bonchev–Trinajstić information content (AvgIpc) is 2.59. The Morgan fingerprint density at radius 3 is 3.06 bits per heavy atom. The van der Waals surface area contributed by atoms with Crippen molar-refractivity contribution in [2.75, 3.05) is 12.3 Å². The third-order valence-electron chi connectivity index (χ3n) is 2.85. The Labute approximate surface area is 107 Å². The van der Waals surface area contributed by atoms with Gasteiger partial charge in [-0.05, 0) is 13.3 Å². The molecule has 0 aromatic carbocycles. The molecule has 0 bridgehead atoms. The summed E-state index contributed by atoms with van der Waals surface area (Å²) in [6, 6.07) is 0. The van der Waals surface area contributed by atoms with Gasteiger partial charge in [-0.2, -0.15) is 4.98 Å². The van der Waals surface area contributed by atoms with Crippen molar-refractivity contribution in [2.24, 2.45) is 0 Å². The summed E-state index contributed by atoms with van der Waals surface area (Å²) in [5.74, 6) is -1.29. The van der Waals surface area contributed by atoms with Gasteiger partial charge in [-0.1, -0.05) is 0 Å². The van der Waals surface area contributed by atoms with E-state index in [0.717, 1.165) is 10.8 Å². The third kappa shape index (κ3) is 2.21. The fourth-order valence-corrected chi connectivity index (χ4v) is 2.34. The van der Waals surface area contributed by atoms with E-state index in [4.69, 9.17) is 27.2 Å². The van der Waals surface area contributed by atoms with Crippen LogP contribution in [0.25, 0.3) is 0 Å². The molecule has 3 atom stereocenters. The second kappa shape index (κ2) is 4.49. The van der Waals surface area contributed by atoms with E-state index in [-0.39, 0.29) is 6.61 Å². The molecule has 1 saturated heterocycles. The summed E-state index contributed by atoms with van der Waals surface area (Å²) in [5, 5.41) is 9.05. The van der Waals surface area contributed by atoms with Gasteiger partial charge >= 0.3 is 5.69 Å². The number of nitrogens with zero attached hydrogens (tertiary/aromatic N) is 2. The van der Waals surface area contributed by atoms with Gasteiger partial charge in [0.1, 0.15) is 0 Å². The maximum absolute atomic E-state index is 13.3. The molecule has 2 rings (SSSR count). The molecule has 1 aromatic heterocycles. The summed E-state index contributed by atoms with van der Waals surface area (Å²) in [6.07, 6.45) is -0.138. The number of hydrogen-bond donors (Lipinski definition) is 2. The Morgan fingerprint density at radius 1 is 1.83 bits per heavy atom. The van der Waals surface area contributed by atoms with Gasteiger partial charge in [0.15, 0.2) is 17.9 Å². The number of aromatic nitrogens is 2. The number of nitrogen functional groups attached to an aromatic ring is 1. The molecular weight excluding hydrogens is 265 g/mol. The van der Waals surface area contributed by atoms with E-state index in [9.17, 15) is 9.18 Å². The highest BCUT2D eigenvalue weighted by Crippen LogP contribution is 2.42. The SMILES string of the molecule is CC1(Cl)CC(CO)OC1n1cc(F)c(N)nc1=O. The lowest BCUT2D eigenvalue weighted by Gasteiger charge is -2.24. The van der Waals surface area contributed by atoms with Crippen molar-refractivity contribution in [3.05, 3.63) is 22.5 Å². The number of alkyl halides is 1. The first-order chi connectivity index (χ1) is 8.35. The van der Waals surface area contributed by atoms with E-state index in [1.165, 1.54) is 0 Å². The van der Waals surface area contributed by atoms with Crippen LogP contribution in [0.5, 0.6) is 0 Å². The van der Waals surface area contributed by atoms with Crippen molar-refractivity contribution in [1.29, 1.82) is 0 Å². The zero-order valence-electron chi connectivity index (χ0n) is 9.64. The zero-order chi connectivity index (χ0) is 13.5. The maximum atomic E-state index is 13.3. The predicted octanol–water partition coefficient (Wildman–Crippen LogP) is 0.242. The molecule has 1 fully saturated rings. The number of ether oxygens (including phenoxy) is 1. The Balaban J connectivity index is 2.43. The molecule has 2 heterocycles. The van der Waals surface area contributed by atoms with E-state index in [2.05, 4.69) is 4.98 Å². The number of aliphatic hydroxyl groups excluding tert-OH is 1. The smallest absolute Gasteiger partial charge is 0.351 e. The first-order valence-corrected chi connectivity index (χ1v) is 5.72. The molecule has 0 amide bonds. The van der Waals surface area contributed by atoms with Crippen molar-refractivity contribution in [3.8, 4) is 0 Å². The van der Waals surface area contributed by atoms with Crippen molar-refractivity contribution < 1.29 is 14.2 Å². The minimum Gasteiger partial charge on any atom is -0.394 e. The van der Waals surface area contributed by atoms with Crippen LogP contribution in [0, 0.1) is 5.82 Å². The van der Waals surface area contributed by atoms with Crippen molar-refractivity contribution in [3.63, 3.8) is 0 Å². The number of halogens is 2. The van der Waals surface area contributed by atoms with Gasteiger partial charge in [-0.25, -0.2) is 9.18 Å². The molecule has 0 saturated carbocycles. The van der Waals surface area contributed by atoms with Crippen LogP contribution in [0.15, 0.2) is 11.0 Å². The lowest BCUT2D eigenvalue weighted by atomic mass is 10.1. The molecule has 8 heteroatoms. The minimum atomic E-state index is -0.929. The number of rotatable bonds is 2. The summed E-state index contributed by atoms with van der Waals surface area (Å²) in [5.41, 5.74) is 4.45. The molecule has 1 aromatic rings. The zero-order valence-corrected chi connectivity index (χ0v) is 10.4. The summed E-state index contributed by atoms with van der Waals surface area (Å²) in [4.78, 5) is 14.1. The lowest BCUT2D eigenvalue weighted by molar-refractivity contribution is -0.0308. The van der Waals surface area contributed by atoms with Crippen LogP contribution < -0.4 is 11.4 Å². The Morgan fingerprint density at radius 2 is 2.50 bits per heavy atom. The summed E-state index contributed by atoms with van der Waals surface area (Å²) in [7, 11) is 0. The summed E-state index contributed by atoms with van der Waals surface area (Å²) >= 11 is 6.23. The Kier molecular flexibility index (Phi) is 3.31. The quantitative estimate of drug-likeness (QED) is 0.756. The van der Waals surface area contributed by atoms with E-state index >= 15 is 0 Å². The van der Waals surface area contributed by atoms with Crippen LogP contribution in [-0.4, -0.2) is 32.2 Å². The van der Waals surface area contributed by atoms with Gasteiger partial charge in [0, 0.05) is 0 Å². The van der Waals surface area contributed by atoms with Gasteiger partial charge in [0.25, 0.3) is 0 Å². The van der Waals surface area contributed by atoms with Crippen molar-refractivity contribution in [2.45, 2.75) is 30.6 Å². The van der Waals surface area contributed by atoms with Crippen LogP contribution in [0.4, 0.5) is 10.2 Å². The van der Waals surface area contributed by atoms with Gasteiger partial charge in [-0.3, -0.25) is 4.57 Å². The Hall–Kier alpha value is -1.18. The van der Waals surface area contributed by atoms with Crippen LogP contribution in [0.1, 0.15) is 19.6 Å². The highest BCUT2D eigenvalue weighted by Gasteiger charge is 2.45. The number of nitrogens with two attached hydrogens (primary N) is 1. The number of aliphatic hydroxyl groups is 1. The molecule has 6 nitrogen and oxygen atoms in total. The van der Waals surface area contributed by atoms with Gasteiger partial charge in [0.05, 0.1) is 23.8 Å². The monoisotopic (exact) mass is 277 g/mol. The highest BCUT2D eigenvalue weighted by molar-refractivity contribution is 6.24. The summed E-state index contributed by atoms with van der Waals surface area (Å²) < 4.78 is 19.7. The molecule has 3 N–H and O–H groups in total. The lowest BCUT2D eigenvalue weighted by Crippen LogP contribution is -2.35. The fraction of sp³-hybridized carbons (Fsp3) is 0.600. The molecule has 18 heavy (non-hydrogen) atoms. The average molecular weight is 278 g/mol. The molecule has 1 aliphatic rings. The fourth-order valence-electron chi connectivity index (χ4n) is 2.01. The molecule has 3 unspecified atom stereocenters. The van der Waals surface area contributed by atoms with Crippen LogP contribution in [0.2, 0.25) is 0 Å². The van der Waals surface area contributed by atoms with Crippen molar-refractivity contribution in [1.82, 2.24) is 9.55 Å². The van der Waals surface area contributed by atoms with Gasteiger partial charge < -0.3 is 15.6 Å². The van der Waals surface area contributed by atoms with Crippen LogP contribution >= 0.6 is 11.6 Å². The summed E-state index contributed by atoms with van der Waals surface area (Å²) in [6.45, 7) is 1.42. The first-order valence-electron chi connectivity index (χ1n) is 5.34. The molecule has 0 radical (unpaired) electrons. The van der Waals surface area contributed by atoms with Gasteiger partial charge in [0.2, 0.25) is 0 Å². The molecular formula is C10H13ClFN3O3. The predicted molar refractivity (Wildman–Crippen MR) is 62.7 cm³/mol. The van der Waals surface area contributed by atoms with E-state index in [0.29, 0.717) is 6.42 Å². The second-order valence-electron chi connectivity index (χ2n) is 4.44. The number of anilines is 1. The third-order valence-corrected chi connectivity index (χ3v) is 3.19. The van der Waals surface area contributed by atoms with E-state index in [1.54, 1.807) is 6.92 Å². The molecule has 1 aliphatic heterocycles. The maximum Gasteiger partial charge on any atom is 0.351 e. The highest BCUT2D eigenvalue weighted by atomic mass is 35.5. The van der Waals surface area contributed by atoms with Crippen LogP contribution in [0.3, 0.4) is 0 Å². The topological polar surface area (TPSA) is 90.4 Å². The van der Waals surface area contributed by atoms with Crippen LogP contribution in [-0.2, 0) is 4.74 Å². The number of hydrogen-bond acceptors (Lipinski definition) is 5. The van der Waals surface area contributed by atoms with E-state index < -0.39 is 34.5 Å². The van der Waals surface area contributed by atoms with Crippen molar-refractivity contribution >= 4 is 17.4 Å². The molecule has 100 valence electrons. The Bertz CT molecular complexity index is 520. The molecule has 0 aliphatic carbocycles. The standard InChI is InChI=1S/C10H13ClFN3O3/c1-10(11)2-5(4-16)18-8(10)15-3-6(12)7(13)14-9(15)17/h3,5,8,16H,2,4H2,1H3,(H2,13,14,17).